The van der Waals surface area contributed by atoms with Gasteiger partial charge in [-0.25, -0.2) is 0 Å². The van der Waals surface area contributed by atoms with E-state index in [1.165, 1.54) is 32.1 Å². The molecule has 3 heteroatoms. The Labute approximate surface area is 111 Å². The summed E-state index contributed by atoms with van der Waals surface area (Å²) in [6, 6.07) is 1.00. The molecule has 0 spiro atoms. The molecule has 0 saturated heterocycles. The minimum absolute atomic E-state index is 0.179. The summed E-state index contributed by atoms with van der Waals surface area (Å²) in [6.45, 7) is 7.44. The third kappa shape index (κ3) is 3.98. The molecule has 2 rings (SSSR count). The third-order valence-corrected chi connectivity index (χ3v) is 4.49. The number of carbonyl (C=O) groups excluding carboxylic acids is 1. The van der Waals surface area contributed by atoms with Crippen LogP contribution >= 0.6 is 0 Å². The maximum absolute atomic E-state index is 11.7. The highest BCUT2D eigenvalue weighted by Gasteiger charge is 2.31. The van der Waals surface area contributed by atoms with Gasteiger partial charge in [0.15, 0.2) is 0 Å². The van der Waals surface area contributed by atoms with Gasteiger partial charge < -0.3 is 10.6 Å². The molecule has 2 aliphatic rings. The lowest BCUT2D eigenvalue weighted by molar-refractivity contribution is -0.120. The summed E-state index contributed by atoms with van der Waals surface area (Å²) in [5.41, 5.74) is 0. The Morgan fingerprint density at radius 3 is 2.56 bits per heavy atom. The van der Waals surface area contributed by atoms with E-state index in [9.17, 15) is 4.79 Å². The first-order valence-corrected chi connectivity index (χ1v) is 7.59. The van der Waals surface area contributed by atoms with Gasteiger partial charge in [-0.3, -0.25) is 4.79 Å². The zero-order valence-corrected chi connectivity index (χ0v) is 12.0. The maximum atomic E-state index is 11.7. The predicted octanol–water partition coefficient (Wildman–Crippen LogP) is 2.32. The van der Waals surface area contributed by atoms with Crippen LogP contribution in [0.4, 0.5) is 0 Å². The summed E-state index contributed by atoms with van der Waals surface area (Å²) in [5.74, 6) is 2.42. The molecule has 2 aliphatic carbocycles. The zero-order chi connectivity index (χ0) is 13.1. The standard InChI is InChI=1S/C15H28N2O/c1-10(2)13-7-4-11(3)8-14(13)16-9-15(18)17-12-5-6-12/h10-14,16H,4-9H2,1-3H3,(H,17,18). The molecule has 18 heavy (non-hydrogen) atoms. The highest BCUT2D eigenvalue weighted by molar-refractivity contribution is 5.78. The van der Waals surface area contributed by atoms with Crippen LogP contribution in [0.1, 0.15) is 52.9 Å². The second-order valence-electron chi connectivity index (χ2n) is 6.66. The molecular formula is C15H28N2O. The number of rotatable bonds is 5. The molecule has 2 N–H and O–H groups in total. The second-order valence-corrected chi connectivity index (χ2v) is 6.66. The molecule has 0 aliphatic heterocycles. The van der Waals surface area contributed by atoms with Crippen molar-refractivity contribution in [2.75, 3.05) is 6.54 Å². The van der Waals surface area contributed by atoms with Gasteiger partial charge in [0.25, 0.3) is 0 Å². The van der Waals surface area contributed by atoms with Crippen molar-refractivity contribution in [3.63, 3.8) is 0 Å². The zero-order valence-electron chi connectivity index (χ0n) is 12.0. The van der Waals surface area contributed by atoms with Gasteiger partial charge in [-0.05, 0) is 43.4 Å². The van der Waals surface area contributed by atoms with Crippen LogP contribution in [0.2, 0.25) is 0 Å². The van der Waals surface area contributed by atoms with Crippen LogP contribution in [-0.4, -0.2) is 24.5 Å². The minimum Gasteiger partial charge on any atom is -0.352 e. The first-order valence-electron chi connectivity index (χ1n) is 7.59. The quantitative estimate of drug-likeness (QED) is 0.788. The van der Waals surface area contributed by atoms with Gasteiger partial charge >= 0.3 is 0 Å². The molecule has 3 atom stereocenters. The summed E-state index contributed by atoms with van der Waals surface area (Å²) in [5, 5.41) is 6.55. The Kier molecular flexibility index (Phi) is 4.66. The fourth-order valence-electron chi connectivity index (χ4n) is 3.17. The lowest BCUT2D eigenvalue weighted by Crippen LogP contribution is -2.47. The first-order chi connectivity index (χ1) is 8.56. The van der Waals surface area contributed by atoms with Crippen molar-refractivity contribution < 1.29 is 4.79 Å². The van der Waals surface area contributed by atoms with Crippen molar-refractivity contribution >= 4 is 5.91 Å². The molecule has 0 heterocycles. The van der Waals surface area contributed by atoms with Gasteiger partial charge in [-0.15, -0.1) is 0 Å². The Morgan fingerprint density at radius 1 is 1.22 bits per heavy atom. The predicted molar refractivity (Wildman–Crippen MR) is 74.3 cm³/mol. The van der Waals surface area contributed by atoms with Gasteiger partial charge in [0, 0.05) is 12.1 Å². The molecule has 0 bridgehead atoms. The Bertz CT molecular complexity index is 286. The van der Waals surface area contributed by atoms with Crippen LogP contribution in [-0.2, 0) is 4.79 Å². The van der Waals surface area contributed by atoms with E-state index < -0.39 is 0 Å². The van der Waals surface area contributed by atoms with E-state index in [1.807, 2.05) is 0 Å². The van der Waals surface area contributed by atoms with Gasteiger partial charge in [-0.1, -0.05) is 27.2 Å². The minimum atomic E-state index is 0.179. The van der Waals surface area contributed by atoms with E-state index in [1.54, 1.807) is 0 Å². The topological polar surface area (TPSA) is 41.1 Å². The number of hydrogen-bond acceptors (Lipinski definition) is 2. The van der Waals surface area contributed by atoms with Crippen molar-refractivity contribution in [3.05, 3.63) is 0 Å². The summed E-state index contributed by atoms with van der Waals surface area (Å²) in [7, 11) is 0. The van der Waals surface area contributed by atoms with Crippen molar-refractivity contribution in [3.8, 4) is 0 Å². The van der Waals surface area contributed by atoms with Gasteiger partial charge in [0.05, 0.1) is 6.54 Å². The van der Waals surface area contributed by atoms with Crippen molar-refractivity contribution in [1.29, 1.82) is 0 Å². The van der Waals surface area contributed by atoms with Crippen molar-refractivity contribution in [2.45, 2.75) is 65.0 Å². The van der Waals surface area contributed by atoms with Crippen LogP contribution < -0.4 is 10.6 Å². The maximum Gasteiger partial charge on any atom is 0.234 e. The monoisotopic (exact) mass is 252 g/mol. The van der Waals surface area contributed by atoms with Crippen molar-refractivity contribution in [2.24, 2.45) is 17.8 Å². The number of amides is 1. The Balaban J connectivity index is 1.78. The fraction of sp³-hybridized carbons (Fsp3) is 0.933. The number of hydrogen-bond donors (Lipinski definition) is 2. The average Bonchev–Trinajstić information content (AvgIpc) is 3.10. The largest absolute Gasteiger partial charge is 0.352 e. The molecule has 2 fully saturated rings. The molecule has 0 aromatic rings. The average molecular weight is 252 g/mol. The van der Waals surface area contributed by atoms with E-state index >= 15 is 0 Å². The second kappa shape index (κ2) is 6.05. The molecule has 3 unspecified atom stereocenters. The highest BCUT2D eigenvalue weighted by atomic mass is 16.2. The lowest BCUT2D eigenvalue weighted by atomic mass is 9.74. The first kappa shape index (κ1) is 13.9. The highest BCUT2D eigenvalue weighted by Crippen LogP contribution is 2.33. The molecule has 104 valence electrons. The van der Waals surface area contributed by atoms with Crippen LogP contribution in [0, 0.1) is 17.8 Å². The van der Waals surface area contributed by atoms with Crippen LogP contribution in [0.5, 0.6) is 0 Å². The van der Waals surface area contributed by atoms with Gasteiger partial charge in [-0.2, -0.15) is 0 Å². The number of carbonyl (C=O) groups is 1. The molecular weight excluding hydrogens is 224 g/mol. The molecule has 0 radical (unpaired) electrons. The smallest absolute Gasteiger partial charge is 0.234 e. The molecule has 3 nitrogen and oxygen atoms in total. The van der Waals surface area contributed by atoms with Crippen LogP contribution in [0.25, 0.3) is 0 Å². The van der Waals surface area contributed by atoms with Gasteiger partial charge in [0.2, 0.25) is 5.91 Å². The summed E-state index contributed by atoms with van der Waals surface area (Å²) < 4.78 is 0. The normalized spacial score (nSPS) is 32.6. The Morgan fingerprint density at radius 2 is 1.94 bits per heavy atom. The summed E-state index contributed by atoms with van der Waals surface area (Å²) in [6.07, 6.45) is 6.21. The summed E-state index contributed by atoms with van der Waals surface area (Å²) in [4.78, 5) is 11.7. The van der Waals surface area contributed by atoms with E-state index in [0.717, 1.165) is 11.8 Å². The van der Waals surface area contributed by atoms with E-state index in [4.69, 9.17) is 0 Å². The lowest BCUT2D eigenvalue weighted by Gasteiger charge is -2.37. The summed E-state index contributed by atoms with van der Waals surface area (Å²) >= 11 is 0. The van der Waals surface area contributed by atoms with E-state index in [0.29, 0.717) is 24.5 Å². The SMILES string of the molecule is CC1CCC(C(C)C)C(NCC(=O)NC2CC2)C1. The molecule has 0 aromatic heterocycles. The molecule has 1 amide bonds. The van der Waals surface area contributed by atoms with E-state index in [2.05, 4.69) is 31.4 Å². The van der Waals surface area contributed by atoms with Crippen LogP contribution in [0.15, 0.2) is 0 Å². The van der Waals surface area contributed by atoms with Crippen LogP contribution in [0.3, 0.4) is 0 Å². The third-order valence-electron chi connectivity index (χ3n) is 4.49. The fourth-order valence-corrected chi connectivity index (χ4v) is 3.17. The molecule has 2 saturated carbocycles. The Hall–Kier alpha value is -0.570. The number of nitrogens with one attached hydrogen (secondary N) is 2. The molecule has 0 aromatic carbocycles. The van der Waals surface area contributed by atoms with E-state index in [-0.39, 0.29) is 5.91 Å². The van der Waals surface area contributed by atoms with Gasteiger partial charge in [0.1, 0.15) is 0 Å². The van der Waals surface area contributed by atoms with Crippen molar-refractivity contribution in [1.82, 2.24) is 10.6 Å².